The van der Waals surface area contributed by atoms with E-state index in [9.17, 15) is 9.59 Å². The van der Waals surface area contributed by atoms with Crippen LogP contribution in [0.5, 0.6) is 0 Å². The van der Waals surface area contributed by atoms with E-state index in [0.717, 1.165) is 11.1 Å². The molecule has 0 bridgehead atoms. The van der Waals surface area contributed by atoms with Crippen LogP contribution in [0.2, 0.25) is 10.0 Å². The Labute approximate surface area is 149 Å². The number of hydrogen-bond acceptors (Lipinski definition) is 4. The number of carbonyl (C=O) groups excluding carboxylic acids is 2. The van der Waals surface area contributed by atoms with Crippen molar-refractivity contribution in [1.29, 1.82) is 0 Å². The SMILES string of the molecule is Cc1cc(C)cc(C(=O)O[C@H](C)C(=O)Nc2ncc(Cl)cc2Cl)c1. The lowest BCUT2D eigenvalue weighted by atomic mass is 10.1. The molecule has 1 amide bonds. The van der Waals surface area contributed by atoms with E-state index < -0.39 is 18.0 Å². The fourth-order valence-electron chi connectivity index (χ4n) is 2.10. The molecule has 1 atom stereocenters. The predicted octanol–water partition coefficient (Wildman–Crippen LogP) is 4.19. The van der Waals surface area contributed by atoms with Crippen molar-refractivity contribution in [2.75, 3.05) is 5.32 Å². The van der Waals surface area contributed by atoms with Crippen LogP contribution in [0.15, 0.2) is 30.5 Å². The van der Waals surface area contributed by atoms with E-state index in [1.165, 1.54) is 19.2 Å². The summed E-state index contributed by atoms with van der Waals surface area (Å²) >= 11 is 11.7. The minimum Gasteiger partial charge on any atom is -0.449 e. The molecule has 1 heterocycles. The Hall–Kier alpha value is -2.11. The lowest BCUT2D eigenvalue weighted by Crippen LogP contribution is -2.30. The molecule has 2 aromatic rings. The predicted molar refractivity (Wildman–Crippen MR) is 93.7 cm³/mol. The van der Waals surface area contributed by atoms with Gasteiger partial charge in [0.25, 0.3) is 5.91 Å². The van der Waals surface area contributed by atoms with E-state index >= 15 is 0 Å². The lowest BCUT2D eigenvalue weighted by Gasteiger charge is -2.14. The molecule has 0 fully saturated rings. The molecule has 0 aliphatic rings. The standard InChI is InChI=1S/C17H16Cl2N2O3/c1-9-4-10(2)6-12(5-9)17(23)24-11(3)16(22)21-15-14(19)7-13(18)8-20-15/h4-8,11H,1-3H3,(H,20,21,22)/t11-/m1/s1. The first-order chi connectivity index (χ1) is 11.3. The average Bonchev–Trinajstić information content (AvgIpc) is 2.48. The van der Waals surface area contributed by atoms with Crippen LogP contribution >= 0.6 is 23.2 Å². The van der Waals surface area contributed by atoms with Gasteiger partial charge in [-0.3, -0.25) is 4.79 Å². The van der Waals surface area contributed by atoms with E-state index in [1.807, 2.05) is 19.9 Å². The summed E-state index contributed by atoms with van der Waals surface area (Å²) in [7, 11) is 0. The Bertz CT molecular complexity index is 773. The number of anilines is 1. The minimum absolute atomic E-state index is 0.153. The summed E-state index contributed by atoms with van der Waals surface area (Å²) in [6, 6.07) is 6.81. The molecule has 0 saturated heterocycles. The third-order valence-electron chi connectivity index (χ3n) is 3.16. The molecule has 0 unspecified atom stereocenters. The molecule has 0 spiro atoms. The normalized spacial score (nSPS) is 11.7. The third kappa shape index (κ3) is 4.69. The maximum Gasteiger partial charge on any atom is 0.338 e. The first-order valence-corrected chi connectivity index (χ1v) is 7.93. The van der Waals surface area contributed by atoms with Crippen molar-refractivity contribution in [2.45, 2.75) is 26.9 Å². The molecule has 1 aromatic carbocycles. The van der Waals surface area contributed by atoms with E-state index in [-0.39, 0.29) is 10.8 Å². The molecule has 5 nitrogen and oxygen atoms in total. The van der Waals surface area contributed by atoms with Gasteiger partial charge < -0.3 is 10.1 Å². The molecule has 24 heavy (non-hydrogen) atoms. The summed E-state index contributed by atoms with van der Waals surface area (Å²) in [5.74, 6) is -0.954. The van der Waals surface area contributed by atoms with Crippen LogP contribution in [-0.4, -0.2) is 23.0 Å². The van der Waals surface area contributed by atoms with Crippen molar-refractivity contribution >= 4 is 40.9 Å². The zero-order valence-corrected chi connectivity index (χ0v) is 14.9. The van der Waals surface area contributed by atoms with Gasteiger partial charge in [-0.25, -0.2) is 9.78 Å². The molecule has 1 N–H and O–H groups in total. The van der Waals surface area contributed by atoms with Crippen LogP contribution in [0, 0.1) is 13.8 Å². The number of aryl methyl sites for hydroxylation is 2. The van der Waals surface area contributed by atoms with Gasteiger partial charge in [0.15, 0.2) is 11.9 Å². The Morgan fingerprint density at radius 2 is 1.75 bits per heavy atom. The zero-order valence-electron chi connectivity index (χ0n) is 13.4. The zero-order chi connectivity index (χ0) is 17.9. The van der Waals surface area contributed by atoms with Gasteiger partial charge in [-0.15, -0.1) is 0 Å². The summed E-state index contributed by atoms with van der Waals surface area (Å²) in [6.45, 7) is 5.24. The van der Waals surface area contributed by atoms with Crippen LogP contribution in [0.4, 0.5) is 5.82 Å². The highest BCUT2D eigenvalue weighted by atomic mass is 35.5. The second kappa shape index (κ2) is 7.64. The summed E-state index contributed by atoms with van der Waals surface area (Å²) in [4.78, 5) is 28.2. The molecule has 7 heteroatoms. The molecular weight excluding hydrogens is 351 g/mol. The van der Waals surface area contributed by atoms with Crippen molar-refractivity contribution in [3.05, 3.63) is 57.2 Å². The number of aromatic nitrogens is 1. The van der Waals surface area contributed by atoms with Crippen LogP contribution in [0.25, 0.3) is 0 Å². The van der Waals surface area contributed by atoms with Gasteiger partial charge >= 0.3 is 5.97 Å². The van der Waals surface area contributed by atoms with Crippen LogP contribution in [0.1, 0.15) is 28.4 Å². The number of amides is 1. The van der Waals surface area contributed by atoms with Crippen molar-refractivity contribution in [2.24, 2.45) is 0 Å². The van der Waals surface area contributed by atoms with Crippen molar-refractivity contribution in [1.82, 2.24) is 4.98 Å². The molecule has 2 rings (SSSR count). The molecule has 0 aliphatic carbocycles. The second-order valence-electron chi connectivity index (χ2n) is 5.40. The topological polar surface area (TPSA) is 68.3 Å². The van der Waals surface area contributed by atoms with E-state index in [4.69, 9.17) is 27.9 Å². The Balaban J connectivity index is 2.04. The highest BCUT2D eigenvalue weighted by Crippen LogP contribution is 2.22. The summed E-state index contributed by atoms with van der Waals surface area (Å²) in [5, 5.41) is 3.05. The number of carbonyl (C=O) groups is 2. The smallest absolute Gasteiger partial charge is 0.338 e. The van der Waals surface area contributed by atoms with Gasteiger partial charge in [0.2, 0.25) is 0 Å². The van der Waals surface area contributed by atoms with Crippen molar-refractivity contribution in [3.8, 4) is 0 Å². The first-order valence-electron chi connectivity index (χ1n) is 7.17. The van der Waals surface area contributed by atoms with Gasteiger partial charge in [0.05, 0.1) is 15.6 Å². The summed E-state index contributed by atoms with van der Waals surface area (Å²) in [5.41, 5.74) is 2.28. The number of esters is 1. The van der Waals surface area contributed by atoms with Gasteiger partial charge in [0.1, 0.15) is 0 Å². The largest absolute Gasteiger partial charge is 0.449 e. The number of benzene rings is 1. The minimum atomic E-state index is -1.01. The molecule has 126 valence electrons. The maximum absolute atomic E-state index is 12.2. The van der Waals surface area contributed by atoms with Crippen LogP contribution in [-0.2, 0) is 9.53 Å². The molecule has 1 aromatic heterocycles. The van der Waals surface area contributed by atoms with Crippen LogP contribution < -0.4 is 5.32 Å². The van der Waals surface area contributed by atoms with Crippen molar-refractivity contribution < 1.29 is 14.3 Å². The summed E-state index contributed by atoms with van der Waals surface area (Å²) in [6.07, 6.45) is 0.349. The maximum atomic E-state index is 12.2. The highest BCUT2D eigenvalue weighted by Gasteiger charge is 2.20. The number of ether oxygens (including phenoxy) is 1. The molecular formula is C17H16Cl2N2O3. The number of hydrogen-bond donors (Lipinski definition) is 1. The number of nitrogens with one attached hydrogen (secondary N) is 1. The number of nitrogens with zero attached hydrogens (tertiary/aromatic N) is 1. The van der Waals surface area contributed by atoms with Gasteiger partial charge in [-0.2, -0.15) is 0 Å². The highest BCUT2D eigenvalue weighted by molar-refractivity contribution is 6.36. The van der Waals surface area contributed by atoms with Gasteiger partial charge in [-0.05, 0) is 39.0 Å². The quantitative estimate of drug-likeness (QED) is 0.823. The van der Waals surface area contributed by atoms with Gasteiger partial charge in [0, 0.05) is 6.20 Å². The molecule has 0 aliphatic heterocycles. The second-order valence-corrected chi connectivity index (χ2v) is 6.24. The molecule has 0 saturated carbocycles. The van der Waals surface area contributed by atoms with Crippen molar-refractivity contribution in [3.63, 3.8) is 0 Å². The van der Waals surface area contributed by atoms with E-state index in [2.05, 4.69) is 10.3 Å². The monoisotopic (exact) mass is 366 g/mol. The average molecular weight is 367 g/mol. The van der Waals surface area contributed by atoms with Crippen LogP contribution in [0.3, 0.4) is 0 Å². The van der Waals surface area contributed by atoms with E-state index in [0.29, 0.717) is 10.6 Å². The fourth-order valence-corrected chi connectivity index (χ4v) is 2.53. The summed E-state index contributed by atoms with van der Waals surface area (Å²) < 4.78 is 5.20. The lowest BCUT2D eigenvalue weighted by molar-refractivity contribution is -0.123. The number of pyridine rings is 1. The van der Waals surface area contributed by atoms with Gasteiger partial charge in [-0.1, -0.05) is 40.4 Å². The Morgan fingerprint density at radius 3 is 2.33 bits per heavy atom. The first kappa shape index (κ1) is 18.2. The molecule has 0 radical (unpaired) electrons. The Morgan fingerprint density at radius 1 is 1.12 bits per heavy atom. The van der Waals surface area contributed by atoms with E-state index in [1.54, 1.807) is 12.1 Å². The fraction of sp³-hybridized carbons (Fsp3) is 0.235. The Kier molecular flexibility index (Phi) is 5.80. The number of rotatable bonds is 4. The number of halogens is 2. The third-order valence-corrected chi connectivity index (χ3v) is 3.65.